The second kappa shape index (κ2) is 6.84. The Hall–Kier alpha value is -2.79. The van der Waals surface area contributed by atoms with Crippen molar-refractivity contribution in [2.24, 2.45) is 0 Å². The normalized spacial score (nSPS) is 12.8. The Labute approximate surface area is 153 Å². The maximum absolute atomic E-state index is 5.88. The highest BCUT2D eigenvalue weighted by Crippen LogP contribution is 2.39. The number of fused-ring (bicyclic) bond motifs is 2. The molecule has 4 rings (SSSR count). The van der Waals surface area contributed by atoms with E-state index >= 15 is 0 Å². The number of ether oxygens (including phenoxy) is 3. The van der Waals surface area contributed by atoms with Gasteiger partial charge < -0.3 is 19.1 Å². The van der Waals surface area contributed by atoms with E-state index in [-0.39, 0.29) is 6.79 Å². The summed E-state index contributed by atoms with van der Waals surface area (Å²) in [6.45, 7) is 3.80. The molecule has 0 spiro atoms. The van der Waals surface area contributed by atoms with E-state index in [1.165, 1.54) is 0 Å². The van der Waals surface area contributed by atoms with Crippen LogP contribution in [-0.4, -0.2) is 43.9 Å². The predicted molar refractivity (Wildman–Crippen MR) is 102 cm³/mol. The second-order valence-corrected chi connectivity index (χ2v) is 6.72. The standard InChI is InChI=1S/C21H22N2O3/c1-14-9-16-11-19-20(26-13-25-19)12-18(16)21(22-14)15-5-4-6-17(10-15)24-8-7-23(2)3/h4-6,9-12H,7-8,13H2,1-3H3. The van der Waals surface area contributed by atoms with E-state index in [9.17, 15) is 0 Å². The third kappa shape index (κ3) is 3.30. The minimum atomic E-state index is 0.266. The first-order valence-electron chi connectivity index (χ1n) is 8.69. The van der Waals surface area contributed by atoms with Crippen LogP contribution in [0.4, 0.5) is 0 Å². The molecule has 2 heterocycles. The smallest absolute Gasteiger partial charge is 0.231 e. The Morgan fingerprint density at radius 2 is 1.88 bits per heavy atom. The molecule has 1 aliphatic heterocycles. The fourth-order valence-electron chi connectivity index (χ4n) is 3.08. The molecule has 0 saturated carbocycles. The Morgan fingerprint density at radius 3 is 2.69 bits per heavy atom. The third-order valence-electron chi connectivity index (χ3n) is 4.37. The highest BCUT2D eigenvalue weighted by molar-refractivity contribution is 5.97. The number of pyridine rings is 1. The van der Waals surface area contributed by atoms with Gasteiger partial charge in [0.25, 0.3) is 0 Å². The first-order chi connectivity index (χ1) is 12.6. The molecule has 2 aromatic carbocycles. The molecule has 0 saturated heterocycles. The van der Waals surface area contributed by atoms with Gasteiger partial charge in [0.1, 0.15) is 12.4 Å². The van der Waals surface area contributed by atoms with Crippen molar-refractivity contribution in [2.45, 2.75) is 6.92 Å². The van der Waals surface area contributed by atoms with Crippen molar-refractivity contribution in [3.05, 3.63) is 48.2 Å². The molecule has 26 heavy (non-hydrogen) atoms. The molecule has 0 unspecified atom stereocenters. The molecular weight excluding hydrogens is 328 g/mol. The maximum Gasteiger partial charge on any atom is 0.231 e. The highest BCUT2D eigenvalue weighted by atomic mass is 16.7. The zero-order chi connectivity index (χ0) is 18.1. The summed E-state index contributed by atoms with van der Waals surface area (Å²) >= 11 is 0. The first-order valence-corrected chi connectivity index (χ1v) is 8.69. The molecule has 0 N–H and O–H groups in total. The fourth-order valence-corrected chi connectivity index (χ4v) is 3.08. The summed E-state index contributed by atoms with van der Waals surface area (Å²) in [5.74, 6) is 2.40. The fraction of sp³-hybridized carbons (Fsp3) is 0.286. The Morgan fingerprint density at radius 1 is 1.08 bits per heavy atom. The second-order valence-electron chi connectivity index (χ2n) is 6.72. The predicted octanol–water partition coefficient (Wildman–Crippen LogP) is 3.88. The molecule has 3 aromatic rings. The van der Waals surface area contributed by atoms with Gasteiger partial charge in [-0.05, 0) is 56.7 Å². The van der Waals surface area contributed by atoms with Crippen molar-refractivity contribution in [3.63, 3.8) is 0 Å². The van der Waals surface area contributed by atoms with Crippen molar-refractivity contribution in [1.29, 1.82) is 0 Å². The van der Waals surface area contributed by atoms with Gasteiger partial charge in [0.2, 0.25) is 6.79 Å². The van der Waals surface area contributed by atoms with Crippen LogP contribution in [0.3, 0.4) is 0 Å². The van der Waals surface area contributed by atoms with Crippen LogP contribution in [0, 0.1) is 6.92 Å². The molecule has 134 valence electrons. The number of likely N-dealkylation sites (N-methyl/N-ethyl adjacent to an activating group) is 1. The van der Waals surface area contributed by atoms with Crippen LogP contribution >= 0.6 is 0 Å². The molecule has 5 nitrogen and oxygen atoms in total. The van der Waals surface area contributed by atoms with Crippen molar-refractivity contribution in [3.8, 4) is 28.5 Å². The van der Waals surface area contributed by atoms with Crippen LogP contribution < -0.4 is 14.2 Å². The third-order valence-corrected chi connectivity index (χ3v) is 4.37. The van der Waals surface area contributed by atoms with Gasteiger partial charge in [-0.15, -0.1) is 0 Å². The Kier molecular flexibility index (Phi) is 4.39. The van der Waals surface area contributed by atoms with Crippen LogP contribution in [0.2, 0.25) is 0 Å². The van der Waals surface area contributed by atoms with Gasteiger partial charge in [0.05, 0.1) is 5.69 Å². The first kappa shape index (κ1) is 16.7. The van der Waals surface area contributed by atoms with Crippen LogP contribution in [0.25, 0.3) is 22.0 Å². The van der Waals surface area contributed by atoms with E-state index in [4.69, 9.17) is 19.2 Å². The van der Waals surface area contributed by atoms with E-state index in [0.29, 0.717) is 6.61 Å². The molecule has 0 radical (unpaired) electrons. The van der Waals surface area contributed by atoms with E-state index in [2.05, 4.69) is 17.0 Å². The van der Waals surface area contributed by atoms with Crippen molar-refractivity contribution < 1.29 is 14.2 Å². The van der Waals surface area contributed by atoms with E-state index < -0.39 is 0 Å². The summed E-state index contributed by atoms with van der Waals surface area (Å²) in [5, 5.41) is 2.14. The van der Waals surface area contributed by atoms with E-state index in [1.54, 1.807) is 0 Å². The Balaban J connectivity index is 1.74. The quantitative estimate of drug-likeness (QED) is 0.699. The van der Waals surface area contributed by atoms with Gasteiger partial charge >= 0.3 is 0 Å². The summed E-state index contributed by atoms with van der Waals surface area (Å²) < 4.78 is 16.9. The molecule has 1 aromatic heterocycles. The number of nitrogens with zero attached hydrogens (tertiary/aromatic N) is 2. The van der Waals surface area contributed by atoms with Gasteiger partial charge in [-0.1, -0.05) is 12.1 Å². The van der Waals surface area contributed by atoms with E-state index in [0.717, 1.165) is 51.5 Å². The lowest BCUT2D eigenvalue weighted by Crippen LogP contribution is -2.19. The number of aromatic nitrogens is 1. The van der Waals surface area contributed by atoms with Crippen molar-refractivity contribution in [2.75, 3.05) is 34.0 Å². The van der Waals surface area contributed by atoms with Gasteiger partial charge in [-0.25, -0.2) is 0 Å². The van der Waals surface area contributed by atoms with Crippen LogP contribution in [0.1, 0.15) is 5.69 Å². The Bertz CT molecular complexity index is 953. The molecule has 0 aliphatic carbocycles. The summed E-state index contributed by atoms with van der Waals surface area (Å²) in [6, 6.07) is 14.2. The molecule has 0 amide bonds. The zero-order valence-corrected chi connectivity index (χ0v) is 15.3. The number of hydrogen-bond acceptors (Lipinski definition) is 5. The molecule has 0 atom stereocenters. The number of rotatable bonds is 5. The minimum absolute atomic E-state index is 0.266. The van der Waals surface area contributed by atoms with Gasteiger partial charge in [0, 0.05) is 23.2 Å². The van der Waals surface area contributed by atoms with Crippen molar-refractivity contribution >= 4 is 10.8 Å². The molecule has 0 fully saturated rings. The molecule has 5 heteroatoms. The van der Waals surface area contributed by atoms with Crippen molar-refractivity contribution in [1.82, 2.24) is 9.88 Å². The summed E-state index contributed by atoms with van der Waals surface area (Å²) in [5.41, 5.74) is 2.92. The van der Waals surface area contributed by atoms with Gasteiger partial charge in [-0.2, -0.15) is 0 Å². The van der Waals surface area contributed by atoms with Crippen LogP contribution in [0.5, 0.6) is 17.2 Å². The largest absolute Gasteiger partial charge is 0.492 e. The molecular formula is C21H22N2O3. The topological polar surface area (TPSA) is 43.8 Å². The SMILES string of the molecule is Cc1cc2cc3c(cc2c(-c2cccc(OCCN(C)C)c2)n1)OCO3. The molecule has 1 aliphatic rings. The lowest BCUT2D eigenvalue weighted by Gasteiger charge is -2.13. The number of aryl methyl sites for hydroxylation is 1. The lowest BCUT2D eigenvalue weighted by molar-refractivity contribution is 0.174. The van der Waals surface area contributed by atoms with Gasteiger partial charge in [0.15, 0.2) is 11.5 Å². The van der Waals surface area contributed by atoms with Crippen LogP contribution in [0.15, 0.2) is 42.5 Å². The summed E-state index contributed by atoms with van der Waals surface area (Å²) in [4.78, 5) is 6.89. The average Bonchev–Trinajstić information content (AvgIpc) is 3.06. The van der Waals surface area contributed by atoms with E-state index in [1.807, 2.05) is 51.4 Å². The van der Waals surface area contributed by atoms with Gasteiger partial charge in [-0.3, -0.25) is 4.98 Å². The zero-order valence-electron chi connectivity index (χ0n) is 15.3. The minimum Gasteiger partial charge on any atom is -0.492 e. The monoisotopic (exact) mass is 350 g/mol. The number of benzene rings is 2. The summed E-state index contributed by atoms with van der Waals surface area (Å²) in [7, 11) is 4.07. The van der Waals surface area contributed by atoms with Crippen LogP contribution in [-0.2, 0) is 0 Å². The lowest BCUT2D eigenvalue weighted by atomic mass is 10.0. The maximum atomic E-state index is 5.88. The highest BCUT2D eigenvalue weighted by Gasteiger charge is 2.17. The number of hydrogen-bond donors (Lipinski definition) is 0. The molecule has 0 bridgehead atoms. The average molecular weight is 350 g/mol. The summed E-state index contributed by atoms with van der Waals surface area (Å²) in [6.07, 6.45) is 0.